The molecule has 0 unspecified atom stereocenters. The second-order valence-corrected chi connectivity index (χ2v) is 10.3. The maximum absolute atomic E-state index is 13.9. The van der Waals surface area contributed by atoms with Crippen molar-refractivity contribution in [2.45, 2.75) is 20.5 Å². The van der Waals surface area contributed by atoms with Gasteiger partial charge in [0, 0.05) is 35.7 Å². The number of benzene rings is 2. The van der Waals surface area contributed by atoms with Crippen LogP contribution in [0, 0.1) is 19.7 Å². The molecule has 5 rings (SSSR count). The average molecular weight is 550 g/mol. The fourth-order valence-corrected chi connectivity index (χ4v) is 5.45. The van der Waals surface area contributed by atoms with Gasteiger partial charge in [-0.3, -0.25) is 19.3 Å². The van der Waals surface area contributed by atoms with Crippen LogP contribution >= 0.6 is 11.8 Å². The summed E-state index contributed by atoms with van der Waals surface area (Å²) in [6.07, 6.45) is 1.70. The number of amides is 3. The molecular weight excluding hydrogens is 521 g/mol. The van der Waals surface area contributed by atoms with Gasteiger partial charge in [0.25, 0.3) is 11.1 Å². The van der Waals surface area contributed by atoms with Gasteiger partial charge in [0.15, 0.2) is 0 Å². The Morgan fingerprint density at radius 2 is 1.79 bits per heavy atom. The second-order valence-electron chi connectivity index (χ2n) is 9.30. The Hall–Kier alpha value is -3.89. The number of ether oxygens (including phenoxy) is 2. The molecule has 1 aromatic heterocycles. The Labute approximate surface area is 230 Å². The van der Waals surface area contributed by atoms with Crippen LogP contribution in [0.2, 0.25) is 0 Å². The number of carbonyl (C=O) groups is 3. The first-order valence-electron chi connectivity index (χ1n) is 12.6. The smallest absolute Gasteiger partial charge is 0.294 e. The van der Waals surface area contributed by atoms with E-state index in [0.717, 1.165) is 39.3 Å². The molecule has 3 aromatic rings. The van der Waals surface area contributed by atoms with Crippen LogP contribution in [0.25, 0.3) is 11.8 Å². The normalized spacial score (nSPS) is 16.8. The lowest BCUT2D eigenvalue weighted by atomic mass is 10.2. The Bertz CT molecular complexity index is 1440. The molecular formula is C29H28FN3O5S. The number of aryl methyl sites for hydroxylation is 1. The first-order valence-corrected chi connectivity index (χ1v) is 13.4. The van der Waals surface area contributed by atoms with Gasteiger partial charge in [-0.1, -0.05) is 18.2 Å². The highest BCUT2D eigenvalue weighted by Crippen LogP contribution is 2.34. The Balaban J connectivity index is 1.29. The number of hydrogen-bond donors (Lipinski definition) is 0. The molecule has 0 N–H and O–H groups in total. The standard InChI is InChI=1S/C29H28FN3O5S/c1-19-15-22(16-26-28(35)32(29(36)39-26)17-27(34)31-11-13-37-14-12-31)20(2)33(19)23-7-9-24(10-8-23)38-18-21-5-3-4-6-25(21)30/h3-10,15-16H,11-14,17-18H2,1-2H3/b26-16+. The summed E-state index contributed by atoms with van der Waals surface area (Å²) >= 11 is 0.842. The fraction of sp³-hybridized carbons (Fsp3) is 0.276. The molecule has 39 heavy (non-hydrogen) atoms. The topological polar surface area (TPSA) is 81.1 Å². The highest BCUT2D eigenvalue weighted by atomic mass is 32.2. The molecule has 0 aliphatic carbocycles. The molecule has 2 aliphatic rings. The number of thioether (sulfide) groups is 1. The monoisotopic (exact) mass is 549 g/mol. The summed E-state index contributed by atoms with van der Waals surface area (Å²) in [6, 6.07) is 15.9. The van der Waals surface area contributed by atoms with E-state index >= 15 is 0 Å². The molecule has 202 valence electrons. The summed E-state index contributed by atoms with van der Waals surface area (Å²) < 4.78 is 26.9. The van der Waals surface area contributed by atoms with Crippen LogP contribution in [0.1, 0.15) is 22.5 Å². The quantitative estimate of drug-likeness (QED) is 0.397. The second kappa shape index (κ2) is 11.5. The first-order chi connectivity index (χ1) is 18.8. The van der Waals surface area contributed by atoms with E-state index in [4.69, 9.17) is 9.47 Å². The number of nitrogens with zero attached hydrogens (tertiary/aromatic N) is 3. The highest BCUT2D eigenvalue weighted by molar-refractivity contribution is 8.18. The van der Waals surface area contributed by atoms with Gasteiger partial charge in [-0.2, -0.15) is 0 Å². The minimum Gasteiger partial charge on any atom is -0.489 e. The van der Waals surface area contributed by atoms with Crippen LogP contribution in [0.4, 0.5) is 9.18 Å². The van der Waals surface area contributed by atoms with Gasteiger partial charge in [0.2, 0.25) is 5.91 Å². The summed E-state index contributed by atoms with van der Waals surface area (Å²) in [6.45, 7) is 5.56. The zero-order valence-electron chi connectivity index (χ0n) is 21.7. The summed E-state index contributed by atoms with van der Waals surface area (Å²) in [4.78, 5) is 41.1. The van der Waals surface area contributed by atoms with E-state index in [2.05, 4.69) is 0 Å². The average Bonchev–Trinajstić information content (AvgIpc) is 3.37. The van der Waals surface area contributed by atoms with Crippen molar-refractivity contribution >= 4 is 34.9 Å². The SMILES string of the molecule is Cc1cc(/C=C2/SC(=O)N(CC(=O)N3CCOCC3)C2=O)c(C)n1-c1ccc(OCc2ccccc2F)cc1. The van der Waals surface area contributed by atoms with Crippen molar-refractivity contribution in [3.8, 4) is 11.4 Å². The summed E-state index contributed by atoms with van der Waals surface area (Å²) in [7, 11) is 0. The number of imide groups is 1. The Morgan fingerprint density at radius 1 is 1.08 bits per heavy atom. The van der Waals surface area contributed by atoms with Crippen LogP contribution in [0.3, 0.4) is 0 Å². The number of carbonyl (C=O) groups excluding carboxylic acids is 3. The fourth-order valence-electron chi connectivity index (χ4n) is 4.62. The van der Waals surface area contributed by atoms with Crippen LogP contribution < -0.4 is 4.74 Å². The lowest BCUT2D eigenvalue weighted by Crippen LogP contribution is -2.46. The molecule has 2 aliphatic heterocycles. The van der Waals surface area contributed by atoms with Crippen molar-refractivity contribution in [3.63, 3.8) is 0 Å². The maximum Gasteiger partial charge on any atom is 0.294 e. The minimum absolute atomic E-state index is 0.130. The molecule has 8 nitrogen and oxygen atoms in total. The first kappa shape index (κ1) is 26.7. The Morgan fingerprint density at radius 3 is 2.51 bits per heavy atom. The molecule has 2 saturated heterocycles. The van der Waals surface area contributed by atoms with Gasteiger partial charge in [-0.15, -0.1) is 0 Å². The van der Waals surface area contributed by atoms with Crippen molar-refractivity contribution in [2.75, 3.05) is 32.8 Å². The molecule has 3 amide bonds. The van der Waals surface area contributed by atoms with E-state index in [1.54, 1.807) is 29.2 Å². The van der Waals surface area contributed by atoms with Crippen LogP contribution in [-0.2, 0) is 20.9 Å². The molecule has 2 fully saturated rings. The molecule has 10 heteroatoms. The van der Waals surface area contributed by atoms with Crippen molar-refractivity contribution in [1.82, 2.24) is 14.4 Å². The van der Waals surface area contributed by atoms with Crippen LogP contribution in [0.5, 0.6) is 5.75 Å². The molecule has 0 saturated carbocycles. The third-order valence-corrected chi connectivity index (χ3v) is 7.64. The summed E-state index contributed by atoms with van der Waals surface area (Å²) in [5.74, 6) is -0.416. The van der Waals surface area contributed by atoms with E-state index in [-0.39, 0.29) is 29.8 Å². The predicted octanol–water partition coefficient (Wildman–Crippen LogP) is 4.71. The number of aromatic nitrogens is 1. The van der Waals surface area contributed by atoms with E-state index in [9.17, 15) is 18.8 Å². The molecule has 0 radical (unpaired) electrons. The van der Waals surface area contributed by atoms with Gasteiger partial charge in [-0.25, -0.2) is 4.39 Å². The number of rotatable bonds is 7. The number of morpholine rings is 1. The zero-order chi connectivity index (χ0) is 27.5. The van der Waals surface area contributed by atoms with Crippen molar-refractivity contribution in [1.29, 1.82) is 0 Å². The number of halogens is 1. The van der Waals surface area contributed by atoms with Gasteiger partial charge >= 0.3 is 0 Å². The third kappa shape index (κ3) is 5.76. The lowest BCUT2D eigenvalue weighted by molar-refractivity contribution is -0.139. The minimum atomic E-state index is -0.465. The Kier molecular flexibility index (Phi) is 7.85. The van der Waals surface area contributed by atoms with E-state index in [1.807, 2.05) is 48.7 Å². The van der Waals surface area contributed by atoms with Gasteiger partial charge in [-0.05, 0) is 73.6 Å². The molecule has 3 heterocycles. The lowest BCUT2D eigenvalue weighted by Gasteiger charge is -2.28. The van der Waals surface area contributed by atoms with Crippen molar-refractivity contribution < 1.29 is 28.2 Å². The zero-order valence-corrected chi connectivity index (χ0v) is 22.5. The van der Waals surface area contributed by atoms with Gasteiger partial charge in [0.05, 0.1) is 18.1 Å². The van der Waals surface area contributed by atoms with E-state index < -0.39 is 11.1 Å². The van der Waals surface area contributed by atoms with Crippen LogP contribution in [0.15, 0.2) is 59.5 Å². The molecule has 0 atom stereocenters. The molecule has 0 spiro atoms. The highest BCUT2D eigenvalue weighted by Gasteiger charge is 2.37. The third-order valence-electron chi connectivity index (χ3n) is 6.73. The van der Waals surface area contributed by atoms with Crippen LogP contribution in [-0.4, -0.2) is 64.3 Å². The summed E-state index contributed by atoms with van der Waals surface area (Å²) in [5, 5.41) is -0.451. The van der Waals surface area contributed by atoms with Crippen molar-refractivity contribution in [2.24, 2.45) is 0 Å². The number of hydrogen-bond acceptors (Lipinski definition) is 6. The van der Waals surface area contributed by atoms with Crippen molar-refractivity contribution in [3.05, 3.63) is 87.8 Å². The largest absolute Gasteiger partial charge is 0.489 e. The summed E-state index contributed by atoms with van der Waals surface area (Å²) in [5.41, 5.74) is 4.02. The van der Waals surface area contributed by atoms with Gasteiger partial charge in [0.1, 0.15) is 24.7 Å². The van der Waals surface area contributed by atoms with E-state index in [0.29, 0.717) is 37.6 Å². The maximum atomic E-state index is 13.9. The predicted molar refractivity (Wildman–Crippen MR) is 146 cm³/mol. The molecule has 2 aromatic carbocycles. The van der Waals surface area contributed by atoms with Gasteiger partial charge < -0.3 is 18.9 Å². The van der Waals surface area contributed by atoms with E-state index in [1.165, 1.54) is 6.07 Å². The molecule has 0 bridgehead atoms.